The van der Waals surface area contributed by atoms with Gasteiger partial charge in [0.25, 0.3) is 6.71 Å². The van der Waals surface area contributed by atoms with Crippen LogP contribution in [0.15, 0.2) is 291 Å². The van der Waals surface area contributed by atoms with Crippen LogP contribution in [0.2, 0.25) is 39.3 Å². The van der Waals surface area contributed by atoms with Crippen LogP contribution in [0.3, 0.4) is 0 Å². The Balaban J connectivity index is 1.06. The molecule has 95 heavy (non-hydrogen) atoms. The van der Waals surface area contributed by atoms with E-state index < -0.39 is 16.1 Å². The molecular weight excluding hydrogens is 1180 g/mol. The third-order valence-corrected chi connectivity index (χ3v) is 26.4. The van der Waals surface area contributed by atoms with Crippen LogP contribution in [0.4, 0.5) is 51.2 Å². The highest BCUT2D eigenvalue weighted by atomic mass is 28.3. The lowest BCUT2D eigenvalue weighted by Gasteiger charge is -2.65. The molecule has 0 amide bonds. The van der Waals surface area contributed by atoms with Crippen LogP contribution in [-0.4, -0.2) is 22.9 Å². The Hall–Kier alpha value is -9.72. The summed E-state index contributed by atoms with van der Waals surface area (Å²) < 4.78 is 0. The van der Waals surface area contributed by atoms with Gasteiger partial charge in [0.15, 0.2) is 0 Å². The quantitative estimate of drug-likeness (QED) is 0.0892. The molecule has 6 unspecified atom stereocenters. The lowest BCUT2D eigenvalue weighted by molar-refractivity contribution is -0.0444. The fourth-order valence-corrected chi connectivity index (χ4v) is 21.2. The summed E-state index contributed by atoms with van der Waals surface area (Å²) in [5.74, 6) is 3.60. The van der Waals surface area contributed by atoms with E-state index in [0.29, 0.717) is 17.8 Å². The monoisotopic (exact) mass is 1260 g/mol. The summed E-state index contributed by atoms with van der Waals surface area (Å²) >= 11 is 0. The molecule has 0 saturated heterocycles. The molecule has 2 saturated carbocycles. The Morgan fingerprint density at radius 3 is 1.39 bits per heavy atom. The van der Waals surface area contributed by atoms with E-state index in [9.17, 15) is 0 Å². The largest absolute Gasteiger partial charge is 0.310 e. The number of nitrogens with zero attached hydrogens (tertiary/aromatic N) is 3. The van der Waals surface area contributed by atoms with Crippen LogP contribution in [0.1, 0.15) is 36.8 Å². The number of para-hydroxylation sites is 4. The molecule has 0 spiro atoms. The second-order valence-electron chi connectivity index (χ2n) is 30.0. The van der Waals surface area contributed by atoms with Crippen molar-refractivity contribution in [3.63, 3.8) is 0 Å². The normalized spacial score (nSPS) is 19.2. The zero-order valence-electron chi connectivity index (χ0n) is 55.4. The topological polar surface area (TPSA) is 9.72 Å². The minimum Gasteiger partial charge on any atom is -0.310 e. The van der Waals surface area contributed by atoms with Crippen molar-refractivity contribution >= 4 is 101 Å². The van der Waals surface area contributed by atoms with Crippen molar-refractivity contribution in [3.8, 4) is 55.6 Å². The van der Waals surface area contributed by atoms with Crippen molar-refractivity contribution in [2.45, 2.75) is 65.0 Å². The molecule has 6 heteroatoms. The van der Waals surface area contributed by atoms with E-state index >= 15 is 0 Å². The number of anilines is 9. The summed E-state index contributed by atoms with van der Waals surface area (Å²) in [7, 11) is -4.20. The van der Waals surface area contributed by atoms with Crippen LogP contribution in [0, 0.1) is 29.6 Å². The highest BCUT2D eigenvalue weighted by Crippen LogP contribution is 2.71. The van der Waals surface area contributed by atoms with Crippen molar-refractivity contribution in [1.82, 2.24) is 0 Å². The molecule has 0 bridgehead atoms. The second kappa shape index (κ2) is 22.2. The van der Waals surface area contributed by atoms with E-state index in [-0.39, 0.29) is 12.6 Å². The van der Waals surface area contributed by atoms with Crippen molar-refractivity contribution in [3.05, 3.63) is 302 Å². The average Bonchev–Trinajstić information content (AvgIpc) is 1.65. The van der Waals surface area contributed by atoms with Gasteiger partial charge in [-0.1, -0.05) is 305 Å². The lowest BCUT2D eigenvalue weighted by atomic mass is 9.33. The zero-order valence-corrected chi connectivity index (χ0v) is 57.4. The molecule has 6 aliphatic rings. The van der Waals surface area contributed by atoms with Crippen LogP contribution in [-0.2, 0) is 0 Å². The van der Waals surface area contributed by atoms with E-state index in [4.69, 9.17) is 0 Å². The molecule has 3 nitrogen and oxygen atoms in total. The molecular formula is C89H78BN3Si2. The molecule has 0 radical (unpaired) electrons. The minimum absolute atomic E-state index is 0.160. The highest BCUT2D eigenvalue weighted by molar-refractivity contribution is 7.01. The Bertz CT molecular complexity index is 4890. The average molecular weight is 1260 g/mol. The van der Waals surface area contributed by atoms with Gasteiger partial charge in [0, 0.05) is 67.9 Å². The first-order valence-electron chi connectivity index (χ1n) is 34.7. The Morgan fingerprint density at radius 1 is 0.400 bits per heavy atom. The Labute approximate surface area is 563 Å². The van der Waals surface area contributed by atoms with Gasteiger partial charge in [-0.25, -0.2) is 0 Å². The number of hydrogen-bond acceptors (Lipinski definition) is 3. The first kappa shape index (κ1) is 57.9. The molecule has 2 aliphatic heterocycles. The van der Waals surface area contributed by atoms with Gasteiger partial charge in [0.1, 0.15) is 0 Å². The summed E-state index contributed by atoms with van der Waals surface area (Å²) in [6.45, 7) is 17.9. The molecule has 2 heterocycles. The van der Waals surface area contributed by atoms with E-state index in [0.717, 1.165) is 28.9 Å². The maximum absolute atomic E-state index is 2.87. The van der Waals surface area contributed by atoms with E-state index in [1.165, 1.54) is 130 Å². The van der Waals surface area contributed by atoms with Gasteiger partial charge in [-0.3, -0.25) is 0 Å². The number of allylic oxidation sites excluding steroid dienone is 2. The predicted molar refractivity (Wildman–Crippen MR) is 411 cm³/mol. The van der Waals surface area contributed by atoms with Crippen LogP contribution >= 0.6 is 0 Å². The summed E-state index contributed by atoms with van der Waals surface area (Å²) in [6, 6.07) is 107. The molecule has 12 aromatic rings. The molecule has 460 valence electrons. The van der Waals surface area contributed by atoms with Gasteiger partial charge in [0.2, 0.25) is 0 Å². The predicted octanol–water partition coefficient (Wildman–Crippen LogP) is 21.0. The third-order valence-electron chi connectivity index (χ3n) is 22.4. The molecule has 2 fully saturated rings. The molecule has 18 rings (SSSR count). The van der Waals surface area contributed by atoms with Crippen molar-refractivity contribution < 1.29 is 0 Å². The molecule has 6 atom stereocenters. The first-order chi connectivity index (χ1) is 46.4. The maximum atomic E-state index is 2.87. The highest BCUT2D eigenvalue weighted by Gasteiger charge is 2.63. The van der Waals surface area contributed by atoms with E-state index in [1.54, 1.807) is 16.3 Å². The van der Waals surface area contributed by atoms with E-state index in [2.05, 4.69) is 346 Å². The standard InChI is InChI=1S/C89H78BN3Si2/c1-57-50-62-52-74-81(62)73(51-57)82(74)83-71-42-26-27-43-72(71)84-85(83)80(95(5,6)7)56-76-89(84)93(88-69(60-34-18-10-19-35-60)46-29-47-70(88)61-36-20-11-21-37-61)79-54-65(91(63-38-22-12-23-39-63)64-40-24-13-25-41-64)53-78-86(79)90(76)75-55-66(94(2,3)4)48-49-77(75)92(78)87-67(58-30-14-8-15-31-58)44-28-45-68(87)59-32-16-9-17-33-59/h8-49,51,53-57,62,74,81-83H,50,52H2,1-7H3. The summed E-state index contributed by atoms with van der Waals surface area (Å²) in [6.07, 6.45) is 5.44. The first-order valence-corrected chi connectivity index (χ1v) is 41.7. The van der Waals surface area contributed by atoms with Crippen LogP contribution < -0.4 is 41.5 Å². The van der Waals surface area contributed by atoms with Gasteiger partial charge in [0.05, 0.1) is 33.2 Å². The Morgan fingerprint density at radius 2 is 0.874 bits per heavy atom. The van der Waals surface area contributed by atoms with Gasteiger partial charge in [-0.15, -0.1) is 0 Å². The number of hydrogen-bond donors (Lipinski definition) is 0. The van der Waals surface area contributed by atoms with Crippen molar-refractivity contribution in [2.24, 2.45) is 29.6 Å². The maximum Gasteiger partial charge on any atom is 0.252 e. The molecule has 4 aliphatic carbocycles. The fraction of sp³-hybridized carbons (Fsp3) is 0.169. The van der Waals surface area contributed by atoms with Gasteiger partial charge in [-0.2, -0.15) is 0 Å². The number of fused-ring (bicyclic) bond motifs is 8. The van der Waals surface area contributed by atoms with Gasteiger partial charge in [-0.05, 0) is 140 Å². The number of benzene rings is 12. The fourth-order valence-electron chi connectivity index (χ4n) is 18.4. The zero-order chi connectivity index (χ0) is 64.0. The summed E-state index contributed by atoms with van der Waals surface area (Å²) in [5, 5.41) is 3.08. The smallest absolute Gasteiger partial charge is 0.252 e. The number of rotatable bonds is 12. The van der Waals surface area contributed by atoms with Crippen LogP contribution in [0.5, 0.6) is 0 Å². The SMILES string of the molecule is CC1C=C2C3C(C1)CC3C2C1c2ccccc2-c2c1c([Si](C)(C)C)cc1c2N(c2c(-c3ccccc3)cccc2-c2ccccc2)c2cc(N(c3ccccc3)c3ccccc3)cc3c2B1c1cc([Si](C)(C)C)ccc1N3c1c(-c2ccccc2)cccc1-c1ccccc1. The van der Waals surface area contributed by atoms with Crippen molar-refractivity contribution in [1.29, 1.82) is 0 Å². The second-order valence-corrected chi connectivity index (χ2v) is 40.1. The Kier molecular flexibility index (Phi) is 13.5. The van der Waals surface area contributed by atoms with Gasteiger partial charge < -0.3 is 14.7 Å². The van der Waals surface area contributed by atoms with Gasteiger partial charge >= 0.3 is 0 Å². The van der Waals surface area contributed by atoms with Crippen LogP contribution in [0.25, 0.3) is 55.6 Å². The van der Waals surface area contributed by atoms with E-state index in [1.807, 2.05) is 0 Å². The minimum atomic E-state index is -2.22. The molecule has 0 N–H and O–H groups in total. The molecule has 12 aromatic carbocycles. The summed E-state index contributed by atoms with van der Waals surface area (Å²) in [5.41, 5.74) is 31.8. The summed E-state index contributed by atoms with van der Waals surface area (Å²) in [4.78, 5) is 8.13. The third kappa shape index (κ3) is 9.11. The lowest BCUT2D eigenvalue weighted by Crippen LogP contribution is -2.64. The molecule has 0 aromatic heterocycles. The van der Waals surface area contributed by atoms with Crippen molar-refractivity contribution in [2.75, 3.05) is 14.7 Å².